The molecule has 0 amide bonds. The van der Waals surface area contributed by atoms with Crippen molar-refractivity contribution in [2.75, 3.05) is 0 Å². The number of hydrogen-bond donors (Lipinski definition) is 1. The predicted octanol–water partition coefficient (Wildman–Crippen LogP) is 1.65. The van der Waals surface area contributed by atoms with Crippen LogP contribution in [0.4, 0.5) is 0 Å². The maximum absolute atomic E-state index is 11.5. The summed E-state index contributed by atoms with van der Waals surface area (Å²) in [4.78, 5) is 21.9. The van der Waals surface area contributed by atoms with Crippen LogP contribution in [0.25, 0.3) is 0 Å². The molecule has 0 aliphatic heterocycles. The molecule has 0 spiro atoms. The largest absolute Gasteiger partial charge is 0.480 e. The standard InChI is InChI=1S/C10H13NO3S/c12-9(13)5-11-8(6-15-10(11)14)7-3-1-2-4-7/h6-7H,1-5H2,(H,12,13). The topological polar surface area (TPSA) is 59.3 Å². The van der Waals surface area contributed by atoms with E-state index in [4.69, 9.17) is 5.11 Å². The summed E-state index contributed by atoms with van der Waals surface area (Å²) in [6, 6.07) is 0. The molecule has 2 rings (SSSR count). The average molecular weight is 227 g/mol. The summed E-state index contributed by atoms with van der Waals surface area (Å²) in [5.41, 5.74) is 0.921. The van der Waals surface area contributed by atoms with Gasteiger partial charge in [0.25, 0.3) is 0 Å². The molecule has 0 unspecified atom stereocenters. The lowest BCUT2D eigenvalue weighted by atomic mass is 10.1. The van der Waals surface area contributed by atoms with Gasteiger partial charge in [0.05, 0.1) is 0 Å². The monoisotopic (exact) mass is 227 g/mol. The summed E-state index contributed by atoms with van der Waals surface area (Å²) in [7, 11) is 0. The van der Waals surface area contributed by atoms with Crippen molar-refractivity contribution >= 4 is 17.3 Å². The van der Waals surface area contributed by atoms with Gasteiger partial charge in [-0.15, -0.1) is 0 Å². The van der Waals surface area contributed by atoms with Crippen LogP contribution in [0.5, 0.6) is 0 Å². The Bertz CT molecular complexity index is 415. The fourth-order valence-electron chi connectivity index (χ4n) is 2.17. The number of carboxylic acid groups (broad SMARTS) is 1. The highest BCUT2D eigenvalue weighted by Crippen LogP contribution is 2.34. The molecule has 1 aromatic heterocycles. The Hall–Kier alpha value is -1.10. The SMILES string of the molecule is O=C(O)Cn1c(C2CCCC2)csc1=O. The van der Waals surface area contributed by atoms with E-state index in [9.17, 15) is 9.59 Å². The van der Waals surface area contributed by atoms with Gasteiger partial charge >= 0.3 is 10.8 Å². The first-order chi connectivity index (χ1) is 7.18. The minimum Gasteiger partial charge on any atom is -0.480 e. The van der Waals surface area contributed by atoms with Crippen molar-refractivity contribution in [1.82, 2.24) is 4.57 Å². The van der Waals surface area contributed by atoms with Gasteiger partial charge in [-0.3, -0.25) is 14.2 Å². The summed E-state index contributed by atoms with van der Waals surface area (Å²) < 4.78 is 1.41. The van der Waals surface area contributed by atoms with Crippen LogP contribution in [0.3, 0.4) is 0 Å². The molecule has 1 N–H and O–H groups in total. The molecule has 0 atom stereocenters. The van der Waals surface area contributed by atoms with E-state index >= 15 is 0 Å². The van der Waals surface area contributed by atoms with Crippen LogP contribution in [0.15, 0.2) is 10.2 Å². The van der Waals surface area contributed by atoms with E-state index in [0.717, 1.165) is 29.9 Å². The number of nitrogens with zero attached hydrogens (tertiary/aromatic N) is 1. The number of hydrogen-bond acceptors (Lipinski definition) is 3. The summed E-state index contributed by atoms with van der Waals surface area (Å²) in [6.45, 7) is -0.200. The molecule has 0 bridgehead atoms. The number of aromatic nitrogens is 1. The molecule has 5 heteroatoms. The molecule has 1 heterocycles. The van der Waals surface area contributed by atoms with Gasteiger partial charge in [-0.25, -0.2) is 0 Å². The van der Waals surface area contributed by atoms with Crippen molar-refractivity contribution in [2.24, 2.45) is 0 Å². The summed E-state index contributed by atoms with van der Waals surface area (Å²) in [5, 5.41) is 10.5. The van der Waals surface area contributed by atoms with Crippen molar-refractivity contribution in [3.05, 3.63) is 20.7 Å². The minimum absolute atomic E-state index is 0.153. The molecule has 0 aromatic carbocycles. The number of carbonyl (C=O) groups is 1. The van der Waals surface area contributed by atoms with E-state index in [1.807, 2.05) is 5.38 Å². The van der Waals surface area contributed by atoms with E-state index in [2.05, 4.69) is 0 Å². The second kappa shape index (κ2) is 4.18. The predicted molar refractivity (Wildman–Crippen MR) is 57.4 cm³/mol. The molecule has 4 nitrogen and oxygen atoms in total. The normalized spacial score (nSPS) is 17.1. The maximum atomic E-state index is 11.5. The van der Waals surface area contributed by atoms with Gasteiger partial charge in [0.1, 0.15) is 6.54 Å². The van der Waals surface area contributed by atoms with Crippen molar-refractivity contribution in [3.8, 4) is 0 Å². The zero-order chi connectivity index (χ0) is 10.8. The number of rotatable bonds is 3. The van der Waals surface area contributed by atoms with Crippen LogP contribution in [0.2, 0.25) is 0 Å². The van der Waals surface area contributed by atoms with Gasteiger partial charge in [0, 0.05) is 17.0 Å². The fraction of sp³-hybridized carbons (Fsp3) is 0.600. The highest BCUT2D eigenvalue weighted by Gasteiger charge is 2.22. The van der Waals surface area contributed by atoms with Crippen LogP contribution in [-0.4, -0.2) is 15.6 Å². The minimum atomic E-state index is -0.949. The molecule has 1 aliphatic carbocycles. The molecular formula is C10H13NO3S. The lowest BCUT2D eigenvalue weighted by molar-refractivity contribution is -0.137. The molecule has 1 aromatic rings. The van der Waals surface area contributed by atoms with Gasteiger partial charge in [0.2, 0.25) is 0 Å². The second-order valence-electron chi connectivity index (χ2n) is 3.89. The maximum Gasteiger partial charge on any atom is 0.323 e. The first-order valence-electron chi connectivity index (χ1n) is 5.08. The Morgan fingerprint density at radius 2 is 2.20 bits per heavy atom. The Kier molecular flexibility index (Phi) is 2.90. The van der Waals surface area contributed by atoms with Crippen LogP contribution < -0.4 is 4.87 Å². The van der Waals surface area contributed by atoms with Gasteiger partial charge in [0.15, 0.2) is 0 Å². The molecule has 1 aliphatic rings. The quantitative estimate of drug-likeness (QED) is 0.854. The Labute approximate surface area is 91.2 Å². The Morgan fingerprint density at radius 1 is 1.53 bits per heavy atom. The van der Waals surface area contributed by atoms with E-state index in [0.29, 0.717) is 5.92 Å². The smallest absolute Gasteiger partial charge is 0.323 e. The number of aliphatic carboxylic acids is 1. The number of carboxylic acids is 1. The highest BCUT2D eigenvalue weighted by molar-refractivity contribution is 7.07. The summed E-state index contributed by atoms with van der Waals surface area (Å²) in [5.74, 6) is -0.557. The van der Waals surface area contributed by atoms with E-state index in [-0.39, 0.29) is 11.4 Å². The van der Waals surface area contributed by atoms with Crippen LogP contribution >= 0.6 is 11.3 Å². The molecule has 82 valence electrons. The molecule has 0 radical (unpaired) electrons. The summed E-state index contributed by atoms with van der Waals surface area (Å²) >= 11 is 1.10. The van der Waals surface area contributed by atoms with Gasteiger partial charge in [-0.05, 0) is 12.8 Å². The van der Waals surface area contributed by atoms with Crippen molar-refractivity contribution < 1.29 is 9.90 Å². The third-order valence-electron chi connectivity index (χ3n) is 2.88. The molecular weight excluding hydrogens is 214 g/mol. The van der Waals surface area contributed by atoms with E-state index < -0.39 is 5.97 Å². The Balaban J connectivity index is 2.30. The zero-order valence-corrected chi connectivity index (χ0v) is 9.13. The lowest BCUT2D eigenvalue weighted by Crippen LogP contribution is -2.22. The molecule has 1 saturated carbocycles. The molecule has 15 heavy (non-hydrogen) atoms. The third kappa shape index (κ3) is 2.12. The van der Waals surface area contributed by atoms with Gasteiger partial charge in [-0.2, -0.15) is 0 Å². The summed E-state index contributed by atoms with van der Waals surface area (Å²) in [6.07, 6.45) is 4.52. The second-order valence-corrected chi connectivity index (χ2v) is 4.71. The Morgan fingerprint density at radius 3 is 2.80 bits per heavy atom. The zero-order valence-electron chi connectivity index (χ0n) is 8.31. The van der Waals surface area contributed by atoms with Gasteiger partial charge in [-0.1, -0.05) is 24.2 Å². The van der Waals surface area contributed by atoms with Crippen molar-refractivity contribution in [2.45, 2.75) is 38.1 Å². The molecule has 1 fully saturated rings. The fourth-order valence-corrected chi connectivity index (χ4v) is 3.01. The van der Waals surface area contributed by atoms with Crippen LogP contribution in [0.1, 0.15) is 37.3 Å². The molecule has 0 saturated heterocycles. The third-order valence-corrected chi connectivity index (χ3v) is 3.66. The number of thiazole rings is 1. The first-order valence-corrected chi connectivity index (χ1v) is 5.96. The average Bonchev–Trinajstić information content (AvgIpc) is 2.76. The highest BCUT2D eigenvalue weighted by atomic mass is 32.1. The van der Waals surface area contributed by atoms with Crippen molar-refractivity contribution in [1.29, 1.82) is 0 Å². The van der Waals surface area contributed by atoms with Crippen LogP contribution in [0, 0.1) is 0 Å². The first kappa shape index (κ1) is 10.4. The lowest BCUT2D eigenvalue weighted by Gasteiger charge is -2.10. The van der Waals surface area contributed by atoms with E-state index in [1.165, 1.54) is 17.4 Å². The van der Waals surface area contributed by atoms with Crippen molar-refractivity contribution in [3.63, 3.8) is 0 Å². The van der Waals surface area contributed by atoms with Crippen LogP contribution in [-0.2, 0) is 11.3 Å². The van der Waals surface area contributed by atoms with E-state index in [1.54, 1.807) is 0 Å². The van der Waals surface area contributed by atoms with Gasteiger partial charge < -0.3 is 5.11 Å².